The number of ether oxygens (including phenoxy) is 4. The van der Waals surface area contributed by atoms with E-state index in [9.17, 15) is 0 Å². The van der Waals surface area contributed by atoms with Gasteiger partial charge in [-0.25, -0.2) is 0 Å². The molecule has 0 aromatic rings. The molecule has 6 heteroatoms. The Morgan fingerprint density at radius 2 is 1.92 bits per heavy atom. The Hall–Kier alpha value is -0.243. The summed E-state index contributed by atoms with van der Waals surface area (Å²) < 4.78 is 28.3. The van der Waals surface area contributed by atoms with Crippen molar-refractivity contribution in [1.82, 2.24) is 0 Å². The zero-order chi connectivity index (χ0) is 18.4. The minimum absolute atomic E-state index is 0.0498. The molecule has 0 N–H and O–H groups in total. The zero-order valence-electron chi connectivity index (χ0n) is 16.5. The fourth-order valence-corrected chi connectivity index (χ4v) is 3.11. The maximum absolute atomic E-state index is 6.25. The molecular formula is C18H36O5Si. The van der Waals surface area contributed by atoms with Gasteiger partial charge in [-0.2, -0.15) is 0 Å². The van der Waals surface area contributed by atoms with Gasteiger partial charge < -0.3 is 23.4 Å². The summed E-state index contributed by atoms with van der Waals surface area (Å²) >= 11 is 0. The maximum Gasteiger partial charge on any atom is 0.192 e. The molecule has 1 heterocycles. The molecule has 0 aromatic carbocycles. The molecule has 0 unspecified atom stereocenters. The van der Waals surface area contributed by atoms with Crippen molar-refractivity contribution in [1.29, 1.82) is 0 Å². The fraction of sp³-hybridized carbons (Fsp3) is 0.889. The monoisotopic (exact) mass is 360 g/mol. The molecule has 0 aliphatic carbocycles. The van der Waals surface area contributed by atoms with Crippen LogP contribution < -0.4 is 0 Å². The molecule has 5 nitrogen and oxygen atoms in total. The van der Waals surface area contributed by atoms with Gasteiger partial charge in [-0.3, -0.25) is 0 Å². The van der Waals surface area contributed by atoms with E-state index in [1.54, 1.807) is 7.11 Å². The van der Waals surface area contributed by atoms with E-state index in [-0.39, 0.29) is 36.1 Å². The normalized spacial score (nSPS) is 23.8. The van der Waals surface area contributed by atoms with Crippen LogP contribution in [0.15, 0.2) is 12.7 Å². The van der Waals surface area contributed by atoms with Crippen molar-refractivity contribution in [2.45, 2.75) is 64.1 Å². The van der Waals surface area contributed by atoms with Crippen LogP contribution in [0.25, 0.3) is 0 Å². The van der Waals surface area contributed by atoms with Gasteiger partial charge in [-0.1, -0.05) is 33.8 Å². The lowest BCUT2D eigenvalue weighted by Crippen LogP contribution is -2.42. The zero-order valence-corrected chi connectivity index (χ0v) is 17.5. The average Bonchev–Trinajstić information content (AvgIpc) is 3.26. The molecule has 0 bridgehead atoms. The first-order valence-electron chi connectivity index (χ1n) is 8.74. The Bertz CT molecular complexity index is 380. The van der Waals surface area contributed by atoms with E-state index < -0.39 is 8.32 Å². The van der Waals surface area contributed by atoms with Crippen molar-refractivity contribution in [3.63, 3.8) is 0 Å². The Balaban J connectivity index is 2.43. The van der Waals surface area contributed by atoms with Crippen LogP contribution in [0.1, 0.15) is 27.7 Å². The quantitative estimate of drug-likeness (QED) is 0.175. The van der Waals surface area contributed by atoms with Gasteiger partial charge in [0, 0.05) is 13.0 Å². The van der Waals surface area contributed by atoms with E-state index in [2.05, 4.69) is 47.4 Å². The molecule has 0 saturated carbocycles. The molecule has 1 saturated heterocycles. The first-order chi connectivity index (χ1) is 11.1. The number of hydrogen-bond acceptors (Lipinski definition) is 5. The average molecular weight is 361 g/mol. The van der Waals surface area contributed by atoms with Crippen LogP contribution in [0.5, 0.6) is 0 Å². The first-order valence-corrected chi connectivity index (χ1v) is 11.6. The first kappa shape index (κ1) is 21.8. The third-order valence-corrected chi connectivity index (χ3v) is 9.53. The lowest BCUT2D eigenvalue weighted by Gasteiger charge is -2.36. The van der Waals surface area contributed by atoms with Gasteiger partial charge in [-0.05, 0) is 18.1 Å². The number of epoxide rings is 1. The largest absolute Gasteiger partial charge is 0.414 e. The van der Waals surface area contributed by atoms with Gasteiger partial charge in [0.05, 0.1) is 25.9 Å². The van der Waals surface area contributed by atoms with E-state index >= 15 is 0 Å². The van der Waals surface area contributed by atoms with Crippen LogP contribution in [-0.2, 0) is 23.4 Å². The molecular weight excluding hydrogens is 324 g/mol. The van der Waals surface area contributed by atoms with E-state index in [1.165, 1.54) is 0 Å². The van der Waals surface area contributed by atoms with Gasteiger partial charge in [0.1, 0.15) is 19.0 Å². The van der Waals surface area contributed by atoms with Crippen LogP contribution in [0, 0.1) is 5.92 Å². The summed E-state index contributed by atoms with van der Waals surface area (Å²) in [5.41, 5.74) is 0. The second-order valence-corrected chi connectivity index (χ2v) is 12.8. The number of hydrogen-bond donors (Lipinski definition) is 0. The molecule has 0 radical (unpaired) electrons. The number of methoxy groups -OCH3 is 1. The Morgan fingerprint density at radius 1 is 1.25 bits per heavy atom. The molecule has 0 spiro atoms. The molecule has 1 fully saturated rings. The summed E-state index contributed by atoms with van der Waals surface area (Å²) in [5.74, 6) is 0.193. The van der Waals surface area contributed by atoms with Gasteiger partial charge in [-0.15, -0.1) is 6.58 Å². The summed E-state index contributed by atoms with van der Waals surface area (Å²) in [5, 5.41) is 0.205. The highest BCUT2D eigenvalue weighted by molar-refractivity contribution is 6.74. The van der Waals surface area contributed by atoms with E-state index in [1.807, 2.05) is 6.08 Å². The Kier molecular flexibility index (Phi) is 8.59. The van der Waals surface area contributed by atoms with Gasteiger partial charge in [0.2, 0.25) is 0 Å². The van der Waals surface area contributed by atoms with Crippen molar-refractivity contribution in [2.24, 2.45) is 5.92 Å². The number of rotatable bonds is 12. The van der Waals surface area contributed by atoms with Gasteiger partial charge in [0.25, 0.3) is 0 Å². The minimum Gasteiger partial charge on any atom is -0.414 e. The highest BCUT2D eigenvalue weighted by Gasteiger charge is 2.49. The molecule has 0 amide bonds. The summed E-state index contributed by atoms with van der Waals surface area (Å²) in [4.78, 5) is 0. The highest BCUT2D eigenvalue weighted by Crippen LogP contribution is 2.38. The molecule has 1 rings (SSSR count). The Morgan fingerprint density at radius 3 is 2.46 bits per heavy atom. The third kappa shape index (κ3) is 6.58. The van der Waals surface area contributed by atoms with Crippen LogP contribution in [0.2, 0.25) is 18.1 Å². The summed E-state index contributed by atoms with van der Waals surface area (Å²) in [6.45, 7) is 19.2. The van der Waals surface area contributed by atoms with E-state index in [0.29, 0.717) is 19.8 Å². The van der Waals surface area contributed by atoms with Crippen molar-refractivity contribution in [3.8, 4) is 0 Å². The Labute approximate surface area is 148 Å². The molecule has 1 aliphatic rings. The maximum atomic E-state index is 6.25. The smallest absolute Gasteiger partial charge is 0.192 e. The third-order valence-electron chi connectivity index (χ3n) is 5.03. The topological polar surface area (TPSA) is 49.5 Å². The van der Waals surface area contributed by atoms with Crippen LogP contribution in [0.4, 0.5) is 0 Å². The predicted molar refractivity (Wildman–Crippen MR) is 98.7 cm³/mol. The molecule has 4 atom stereocenters. The van der Waals surface area contributed by atoms with Gasteiger partial charge in [0.15, 0.2) is 8.32 Å². The summed E-state index contributed by atoms with van der Waals surface area (Å²) in [6.07, 6.45) is 1.99. The van der Waals surface area contributed by atoms with Crippen LogP contribution >= 0.6 is 0 Å². The second-order valence-electron chi connectivity index (χ2n) is 7.96. The fourth-order valence-electron chi connectivity index (χ4n) is 2.09. The van der Waals surface area contributed by atoms with Gasteiger partial charge >= 0.3 is 0 Å². The minimum atomic E-state index is -1.75. The lowest BCUT2D eigenvalue weighted by molar-refractivity contribution is -0.113. The van der Waals surface area contributed by atoms with Crippen molar-refractivity contribution >= 4 is 8.32 Å². The predicted octanol–water partition coefficient (Wildman–Crippen LogP) is 3.60. The second kappa shape index (κ2) is 9.45. The van der Waals surface area contributed by atoms with E-state index in [4.69, 9.17) is 23.4 Å². The molecule has 1 aliphatic heterocycles. The molecule has 0 aromatic heterocycles. The SMILES string of the molecule is C=C[C@@H](C)[C@H](OCOCCOC)[C@H]1O[C@H]1CO[Si](C)(C)C(C)(C)C. The van der Waals surface area contributed by atoms with E-state index in [0.717, 1.165) is 0 Å². The van der Waals surface area contributed by atoms with Crippen molar-refractivity contribution < 1.29 is 23.4 Å². The standard InChI is InChI=1S/C18H36O5Si/c1-9-14(2)16(21-13-20-11-10-19-6)17-15(23-17)12-22-24(7,8)18(3,4)5/h9,14-17H,1,10-13H2,2-8H3/t14-,15+,16+,17+/m1/s1. The van der Waals surface area contributed by atoms with Crippen LogP contribution in [-0.4, -0.2) is 60.4 Å². The van der Waals surface area contributed by atoms with Crippen LogP contribution in [0.3, 0.4) is 0 Å². The summed E-state index contributed by atoms with van der Waals surface area (Å²) in [7, 11) is -0.0968. The highest BCUT2D eigenvalue weighted by atomic mass is 28.4. The van der Waals surface area contributed by atoms with Crippen molar-refractivity contribution in [3.05, 3.63) is 12.7 Å². The van der Waals surface area contributed by atoms with Crippen molar-refractivity contribution in [2.75, 3.05) is 33.7 Å². The summed E-state index contributed by atoms with van der Waals surface area (Å²) in [6, 6.07) is 0. The molecule has 24 heavy (non-hydrogen) atoms. The molecule has 142 valence electrons. The lowest BCUT2D eigenvalue weighted by atomic mass is 10.0.